The Hall–Kier alpha value is -6.34. The molecule has 0 unspecified atom stereocenters. The van der Waals surface area contributed by atoms with E-state index in [0.717, 1.165) is 11.1 Å². The second-order valence-corrected chi connectivity index (χ2v) is 8.09. The molecule has 0 radical (unpaired) electrons. The van der Waals surface area contributed by atoms with Gasteiger partial charge in [-0.05, 0) is 48.5 Å². The molecule has 0 aliphatic rings. The Kier molecular flexibility index (Phi) is 8.87. The van der Waals surface area contributed by atoms with Crippen LogP contribution in [0.3, 0.4) is 0 Å². The first kappa shape index (κ1) is 26.7. The van der Waals surface area contributed by atoms with Crippen molar-refractivity contribution in [2.45, 2.75) is 0 Å². The second-order valence-electron chi connectivity index (χ2n) is 8.09. The first-order chi connectivity index (χ1) is 19.5. The topological polar surface area (TPSA) is 86.3 Å². The number of nitro benzene ring substituents is 2. The Balaban J connectivity index is 1.85. The lowest BCUT2D eigenvalue weighted by molar-refractivity contribution is -0.385. The number of nitro groups is 2. The summed E-state index contributed by atoms with van der Waals surface area (Å²) in [5.74, 6) is 24.4. The average molecular weight is 519 g/mol. The van der Waals surface area contributed by atoms with Gasteiger partial charge in [0.05, 0.1) is 21.0 Å². The van der Waals surface area contributed by atoms with E-state index >= 15 is 0 Å². The minimum absolute atomic E-state index is 0.0337. The maximum atomic E-state index is 11.0. The van der Waals surface area contributed by atoms with Gasteiger partial charge in [-0.25, -0.2) is 0 Å². The number of hydrogen-bond donors (Lipinski definition) is 0. The van der Waals surface area contributed by atoms with Gasteiger partial charge < -0.3 is 0 Å². The number of rotatable bonds is 2. The highest BCUT2D eigenvalue weighted by Crippen LogP contribution is 2.13. The van der Waals surface area contributed by atoms with Crippen LogP contribution in [0.25, 0.3) is 0 Å². The van der Waals surface area contributed by atoms with E-state index in [1.807, 2.05) is 60.7 Å². The third-order valence-corrected chi connectivity index (χ3v) is 5.28. The van der Waals surface area contributed by atoms with Crippen LogP contribution in [0.1, 0.15) is 22.3 Å². The van der Waals surface area contributed by atoms with Crippen molar-refractivity contribution in [2.24, 2.45) is 0 Å². The number of allylic oxidation sites excluding steroid dienone is 2. The van der Waals surface area contributed by atoms with Gasteiger partial charge in [0.15, 0.2) is 0 Å². The first-order valence-electron chi connectivity index (χ1n) is 11.9. The van der Waals surface area contributed by atoms with E-state index in [2.05, 4.69) is 47.4 Å². The maximum Gasteiger partial charge on any atom is 0.269 e. The van der Waals surface area contributed by atoms with E-state index in [0.29, 0.717) is 22.3 Å². The van der Waals surface area contributed by atoms with Gasteiger partial charge in [0.25, 0.3) is 11.4 Å². The zero-order valence-electron chi connectivity index (χ0n) is 20.9. The molecule has 6 nitrogen and oxygen atoms in total. The van der Waals surface area contributed by atoms with Crippen LogP contribution in [0.5, 0.6) is 0 Å². The summed E-state index contributed by atoms with van der Waals surface area (Å²) in [6.07, 6.45) is 0. The summed E-state index contributed by atoms with van der Waals surface area (Å²) in [4.78, 5) is 21.0. The zero-order valence-corrected chi connectivity index (χ0v) is 20.9. The molecule has 4 rings (SSSR count). The number of non-ortho nitro benzene ring substituents is 2. The van der Waals surface area contributed by atoms with Crippen molar-refractivity contribution in [1.29, 1.82) is 0 Å². The standard InChI is InChI=1S/C34H18N2O4/c37-35(38)33-23-15-29(16-24-33)13-21-31(19-11-27-7-3-1-4-8-27)32(20-12-28-9-5-2-6-10-28)22-14-30-17-25-34(26-18-30)36(39)40/h1-10,15-18,23-26H/b32-31+. The third kappa shape index (κ3) is 7.83. The maximum absolute atomic E-state index is 11.0. The van der Waals surface area contributed by atoms with Gasteiger partial charge in [-0.3, -0.25) is 20.2 Å². The lowest BCUT2D eigenvalue weighted by Crippen LogP contribution is -1.88. The monoisotopic (exact) mass is 518 g/mol. The molecule has 188 valence electrons. The molecule has 4 aromatic rings. The van der Waals surface area contributed by atoms with Crippen LogP contribution in [-0.2, 0) is 0 Å². The molecule has 0 aliphatic heterocycles. The smallest absolute Gasteiger partial charge is 0.258 e. The van der Waals surface area contributed by atoms with Crippen LogP contribution in [0.4, 0.5) is 11.4 Å². The Morgan fingerprint density at radius 3 is 0.975 bits per heavy atom. The molecule has 6 heteroatoms. The molecule has 0 N–H and O–H groups in total. The fourth-order valence-electron chi connectivity index (χ4n) is 3.23. The highest BCUT2D eigenvalue weighted by Gasteiger charge is 2.04. The van der Waals surface area contributed by atoms with Crippen molar-refractivity contribution in [3.8, 4) is 47.4 Å². The molecular weight excluding hydrogens is 500 g/mol. The highest BCUT2D eigenvalue weighted by molar-refractivity contribution is 5.65. The summed E-state index contributed by atoms with van der Waals surface area (Å²) in [5, 5.41) is 22.0. The zero-order chi connectivity index (χ0) is 28.2. The van der Waals surface area contributed by atoms with Crippen molar-refractivity contribution < 1.29 is 9.85 Å². The largest absolute Gasteiger partial charge is 0.269 e. The van der Waals surface area contributed by atoms with E-state index in [-0.39, 0.29) is 11.4 Å². The molecule has 0 atom stereocenters. The van der Waals surface area contributed by atoms with Crippen LogP contribution in [-0.4, -0.2) is 9.85 Å². The van der Waals surface area contributed by atoms with Gasteiger partial charge in [0, 0.05) is 46.5 Å². The van der Waals surface area contributed by atoms with Crippen LogP contribution < -0.4 is 0 Å². The molecule has 0 saturated heterocycles. The molecule has 4 aromatic carbocycles. The van der Waals surface area contributed by atoms with Crippen molar-refractivity contribution in [3.05, 3.63) is 163 Å². The molecule has 0 saturated carbocycles. The fourth-order valence-corrected chi connectivity index (χ4v) is 3.23. The minimum Gasteiger partial charge on any atom is -0.258 e. The predicted octanol–water partition coefficient (Wildman–Crippen LogP) is 6.31. The number of nitrogens with zero attached hydrogens (tertiary/aromatic N) is 2. The summed E-state index contributed by atoms with van der Waals surface area (Å²) in [6.45, 7) is 0. The molecule has 0 aliphatic carbocycles. The van der Waals surface area contributed by atoms with Gasteiger partial charge in [-0.2, -0.15) is 0 Å². The fraction of sp³-hybridized carbons (Fsp3) is 0. The van der Waals surface area contributed by atoms with Crippen LogP contribution in [0.2, 0.25) is 0 Å². The van der Waals surface area contributed by atoms with E-state index < -0.39 is 9.85 Å². The van der Waals surface area contributed by atoms with E-state index in [9.17, 15) is 20.2 Å². The summed E-state index contributed by atoms with van der Waals surface area (Å²) in [6, 6.07) is 30.5. The Bertz CT molecular complexity index is 1690. The van der Waals surface area contributed by atoms with E-state index in [4.69, 9.17) is 0 Å². The normalized spacial score (nSPS) is 10.0. The van der Waals surface area contributed by atoms with Gasteiger partial charge in [0.2, 0.25) is 0 Å². The van der Waals surface area contributed by atoms with Gasteiger partial charge >= 0.3 is 0 Å². The SMILES string of the molecule is O=[N+]([O-])c1ccc(C#C/C(C#Cc2ccccc2)=C(\C#Cc2ccccc2)C#Cc2ccc([N+](=O)[O-])cc2)cc1. The van der Waals surface area contributed by atoms with E-state index in [1.165, 1.54) is 24.3 Å². The first-order valence-corrected chi connectivity index (χ1v) is 11.9. The highest BCUT2D eigenvalue weighted by atomic mass is 16.6. The summed E-state index contributed by atoms with van der Waals surface area (Å²) in [5.41, 5.74) is 3.32. The predicted molar refractivity (Wildman–Crippen MR) is 154 cm³/mol. The Morgan fingerprint density at radius 1 is 0.425 bits per heavy atom. The number of hydrogen-bond acceptors (Lipinski definition) is 4. The average Bonchev–Trinajstić information content (AvgIpc) is 2.99. The van der Waals surface area contributed by atoms with Crippen LogP contribution in [0, 0.1) is 67.6 Å². The van der Waals surface area contributed by atoms with Crippen LogP contribution >= 0.6 is 0 Å². The summed E-state index contributed by atoms with van der Waals surface area (Å²) < 4.78 is 0. The summed E-state index contributed by atoms with van der Waals surface area (Å²) >= 11 is 0. The molecular formula is C34H18N2O4. The Morgan fingerprint density at radius 2 is 0.700 bits per heavy atom. The lowest BCUT2D eigenvalue weighted by atomic mass is 10.1. The molecule has 0 fully saturated rings. The van der Waals surface area contributed by atoms with Crippen molar-refractivity contribution in [3.63, 3.8) is 0 Å². The van der Waals surface area contributed by atoms with Crippen LogP contribution in [0.15, 0.2) is 120 Å². The molecule has 0 aromatic heterocycles. The second kappa shape index (κ2) is 13.3. The van der Waals surface area contributed by atoms with E-state index in [1.54, 1.807) is 24.3 Å². The lowest BCUT2D eigenvalue weighted by Gasteiger charge is -1.95. The molecule has 0 heterocycles. The van der Waals surface area contributed by atoms with Crippen molar-refractivity contribution >= 4 is 11.4 Å². The molecule has 0 spiro atoms. The van der Waals surface area contributed by atoms with Gasteiger partial charge in [0.1, 0.15) is 0 Å². The Labute approximate surface area is 231 Å². The van der Waals surface area contributed by atoms with Crippen molar-refractivity contribution in [2.75, 3.05) is 0 Å². The van der Waals surface area contributed by atoms with Crippen molar-refractivity contribution in [1.82, 2.24) is 0 Å². The molecule has 0 amide bonds. The van der Waals surface area contributed by atoms with Gasteiger partial charge in [-0.1, -0.05) is 83.8 Å². The minimum atomic E-state index is -0.473. The quantitative estimate of drug-likeness (QED) is 0.177. The third-order valence-electron chi connectivity index (χ3n) is 5.28. The molecule has 0 bridgehead atoms. The number of benzene rings is 4. The van der Waals surface area contributed by atoms with Gasteiger partial charge in [-0.15, -0.1) is 0 Å². The molecule has 40 heavy (non-hydrogen) atoms. The summed E-state index contributed by atoms with van der Waals surface area (Å²) in [7, 11) is 0.